The Morgan fingerprint density at radius 2 is 2.09 bits per heavy atom. The zero-order valence-electron chi connectivity index (χ0n) is 6.53. The molecule has 0 saturated heterocycles. The average molecular weight is 158 g/mol. The van der Waals surface area contributed by atoms with Crippen LogP contribution in [0.2, 0.25) is 0 Å². The van der Waals surface area contributed by atoms with Crippen molar-refractivity contribution >= 4 is 0 Å². The van der Waals surface area contributed by atoms with E-state index in [4.69, 9.17) is 9.84 Å². The Balaban J connectivity index is 2.94. The van der Waals surface area contributed by atoms with Crippen molar-refractivity contribution in [1.82, 2.24) is 0 Å². The molecule has 0 radical (unpaired) electrons. The minimum Gasteiger partial charge on any atom is -0.498 e. The highest BCUT2D eigenvalue weighted by Gasteiger charge is 1.83. The van der Waals surface area contributed by atoms with E-state index in [-0.39, 0.29) is 6.61 Å². The summed E-state index contributed by atoms with van der Waals surface area (Å²) in [5.41, 5.74) is 0. The van der Waals surface area contributed by atoms with Gasteiger partial charge in [-0.2, -0.15) is 0 Å². The van der Waals surface area contributed by atoms with Gasteiger partial charge in [0.2, 0.25) is 0 Å². The molecular formula is C8H14O3. The van der Waals surface area contributed by atoms with E-state index in [0.29, 0.717) is 6.61 Å². The first-order valence-corrected chi connectivity index (χ1v) is 3.55. The van der Waals surface area contributed by atoms with E-state index in [2.05, 4.69) is 11.3 Å². The number of ether oxygens (including phenoxy) is 2. The molecule has 11 heavy (non-hydrogen) atoms. The second kappa shape index (κ2) is 9.04. The summed E-state index contributed by atoms with van der Waals surface area (Å²) in [7, 11) is 0. The summed E-state index contributed by atoms with van der Waals surface area (Å²) >= 11 is 0. The van der Waals surface area contributed by atoms with Crippen LogP contribution in [0.1, 0.15) is 12.8 Å². The van der Waals surface area contributed by atoms with Crippen LogP contribution in [0.3, 0.4) is 0 Å². The lowest BCUT2D eigenvalue weighted by atomic mass is 10.3. The van der Waals surface area contributed by atoms with Gasteiger partial charge in [0.25, 0.3) is 0 Å². The predicted octanol–water partition coefficient (Wildman–Crippen LogP) is 1.41. The third-order valence-electron chi connectivity index (χ3n) is 0.997. The maximum absolute atomic E-state index is 8.40. The molecule has 0 amide bonds. The molecule has 3 heteroatoms. The number of unbranched alkanes of at least 4 members (excludes halogenated alkanes) is 1. The fraction of sp³-hybridized carbons (Fsp3) is 0.500. The minimum atomic E-state index is 0.218. The molecule has 0 aliphatic rings. The van der Waals surface area contributed by atoms with Crippen LogP contribution in [0, 0.1) is 0 Å². The predicted molar refractivity (Wildman–Crippen MR) is 42.7 cm³/mol. The molecule has 3 nitrogen and oxygen atoms in total. The number of aliphatic hydroxyl groups excluding tert-OH is 1. The molecule has 0 aromatic carbocycles. The molecule has 0 spiro atoms. The zero-order valence-corrected chi connectivity index (χ0v) is 6.53. The molecule has 0 aromatic rings. The van der Waals surface area contributed by atoms with Gasteiger partial charge in [0.1, 0.15) is 12.5 Å². The van der Waals surface area contributed by atoms with Gasteiger partial charge in [-0.05, 0) is 12.8 Å². The van der Waals surface area contributed by atoms with E-state index < -0.39 is 0 Å². The van der Waals surface area contributed by atoms with Crippen LogP contribution in [0.5, 0.6) is 0 Å². The van der Waals surface area contributed by atoms with E-state index in [1.165, 1.54) is 18.8 Å². The van der Waals surface area contributed by atoms with E-state index >= 15 is 0 Å². The summed E-state index contributed by atoms with van der Waals surface area (Å²) < 4.78 is 9.62. The van der Waals surface area contributed by atoms with Gasteiger partial charge in [-0.1, -0.05) is 6.58 Å². The van der Waals surface area contributed by atoms with Crippen molar-refractivity contribution in [2.24, 2.45) is 0 Å². The van der Waals surface area contributed by atoms with Crippen molar-refractivity contribution in [2.45, 2.75) is 12.8 Å². The van der Waals surface area contributed by atoms with Gasteiger partial charge in [0, 0.05) is 6.61 Å². The topological polar surface area (TPSA) is 38.7 Å². The molecule has 0 bridgehead atoms. The average Bonchev–Trinajstić information content (AvgIpc) is 2.03. The summed E-state index contributed by atoms with van der Waals surface area (Å²) in [6.45, 7) is 4.17. The van der Waals surface area contributed by atoms with Gasteiger partial charge in [-0.3, -0.25) is 0 Å². The number of hydrogen-bond donors (Lipinski definition) is 1. The number of rotatable bonds is 7. The lowest BCUT2D eigenvalue weighted by Crippen LogP contribution is -1.90. The Labute approximate surface area is 66.9 Å². The highest BCUT2D eigenvalue weighted by atomic mass is 16.5. The molecule has 0 aromatic heterocycles. The first kappa shape index (κ1) is 10.0. The highest BCUT2D eigenvalue weighted by molar-refractivity contribution is 4.65. The van der Waals surface area contributed by atoms with Crippen molar-refractivity contribution in [3.63, 3.8) is 0 Å². The van der Waals surface area contributed by atoms with Gasteiger partial charge in [-0.25, -0.2) is 0 Å². The lowest BCUT2D eigenvalue weighted by Gasteiger charge is -1.97. The van der Waals surface area contributed by atoms with Crippen molar-refractivity contribution in [3.8, 4) is 0 Å². The molecule has 0 aliphatic heterocycles. The minimum absolute atomic E-state index is 0.218. The quantitative estimate of drug-likeness (QED) is 0.449. The van der Waals surface area contributed by atoms with Crippen LogP contribution in [-0.4, -0.2) is 18.3 Å². The zero-order chi connectivity index (χ0) is 8.36. The van der Waals surface area contributed by atoms with Gasteiger partial charge in [0.15, 0.2) is 0 Å². The fourth-order valence-electron chi connectivity index (χ4n) is 0.492. The van der Waals surface area contributed by atoms with E-state index in [9.17, 15) is 0 Å². The summed E-state index contributed by atoms with van der Waals surface area (Å²) in [6, 6.07) is 0. The van der Waals surface area contributed by atoms with Gasteiger partial charge < -0.3 is 14.6 Å². The maximum atomic E-state index is 8.40. The second-order valence-corrected chi connectivity index (χ2v) is 1.88. The highest BCUT2D eigenvalue weighted by Crippen LogP contribution is 1.89. The SMILES string of the molecule is C=COC=COCCCCO. The molecule has 1 N–H and O–H groups in total. The normalized spacial score (nSPS) is 9.91. The second-order valence-electron chi connectivity index (χ2n) is 1.88. The summed E-state index contributed by atoms with van der Waals surface area (Å²) in [5, 5.41) is 8.40. The summed E-state index contributed by atoms with van der Waals surface area (Å²) in [5.74, 6) is 0. The Bertz CT molecular complexity index is 110. The van der Waals surface area contributed by atoms with Crippen LogP contribution >= 0.6 is 0 Å². The van der Waals surface area contributed by atoms with Crippen molar-refractivity contribution in [1.29, 1.82) is 0 Å². The van der Waals surface area contributed by atoms with Crippen molar-refractivity contribution < 1.29 is 14.6 Å². The molecular weight excluding hydrogens is 144 g/mol. The smallest absolute Gasteiger partial charge is 0.125 e. The van der Waals surface area contributed by atoms with E-state index in [1.807, 2.05) is 0 Å². The standard InChI is InChI=1S/C8H14O3/c1-2-10-7-8-11-6-4-3-5-9/h2,7-9H,1,3-6H2. The Kier molecular flexibility index (Phi) is 8.25. The molecule has 0 fully saturated rings. The monoisotopic (exact) mass is 158 g/mol. The molecule has 64 valence electrons. The van der Waals surface area contributed by atoms with Crippen LogP contribution in [0.15, 0.2) is 25.4 Å². The third-order valence-corrected chi connectivity index (χ3v) is 0.997. The van der Waals surface area contributed by atoms with Crippen LogP contribution < -0.4 is 0 Å². The molecule has 0 saturated carbocycles. The third kappa shape index (κ3) is 9.04. The molecule has 0 aliphatic carbocycles. The van der Waals surface area contributed by atoms with Gasteiger partial charge in [-0.15, -0.1) is 0 Å². The number of hydrogen-bond acceptors (Lipinski definition) is 3. The van der Waals surface area contributed by atoms with E-state index in [1.54, 1.807) is 0 Å². The van der Waals surface area contributed by atoms with Gasteiger partial charge in [0.05, 0.1) is 12.9 Å². The number of aliphatic hydroxyl groups is 1. The molecule has 0 unspecified atom stereocenters. The Morgan fingerprint density at radius 3 is 2.73 bits per heavy atom. The molecule has 0 heterocycles. The first-order valence-electron chi connectivity index (χ1n) is 3.55. The Morgan fingerprint density at radius 1 is 1.27 bits per heavy atom. The van der Waals surface area contributed by atoms with Crippen LogP contribution in [0.25, 0.3) is 0 Å². The summed E-state index contributed by atoms with van der Waals surface area (Å²) in [6.07, 6.45) is 5.81. The summed E-state index contributed by atoms with van der Waals surface area (Å²) in [4.78, 5) is 0. The van der Waals surface area contributed by atoms with Crippen molar-refractivity contribution in [3.05, 3.63) is 25.4 Å². The first-order chi connectivity index (χ1) is 5.41. The molecule has 0 rings (SSSR count). The largest absolute Gasteiger partial charge is 0.498 e. The molecule has 0 atom stereocenters. The van der Waals surface area contributed by atoms with Crippen molar-refractivity contribution in [2.75, 3.05) is 13.2 Å². The Hall–Kier alpha value is -0.960. The van der Waals surface area contributed by atoms with Crippen LogP contribution in [0.4, 0.5) is 0 Å². The van der Waals surface area contributed by atoms with Crippen LogP contribution in [-0.2, 0) is 9.47 Å². The maximum Gasteiger partial charge on any atom is 0.125 e. The van der Waals surface area contributed by atoms with E-state index in [0.717, 1.165) is 12.8 Å². The lowest BCUT2D eigenvalue weighted by molar-refractivity contribution is 0.211. The van der Waals surface area contributed by atoms with Gasteiger partial charge >= 0.3 is 0 Å². The fourth-order valence-corrected chi connectivity index (χ4v) is 0.492.